The maximum absolute atomic E-state index is 9.17. The molecule has 86 valence electrons. The zero-order chi connectivity index (χ0) is 11.4. The molecular weight excluding hydrogens is 214 g/mol. The summed E-state index contributed by atoms with van der Waals surface area (Å²) in [5.41, 5.74) is 1.65. The van der Waals surface area contributed by atoms with Crippen molar-refractivity contribution in [2.45, 2.75) is 26.5 Å². The SMILES string of the molecule is CCc1nn(CCN(C)C)c(Cl)c1CO. The average molecular weight is 232 g/mol. The second kappa shape index (κ2) is 5.49. The van der Waals surface area contributed by atoms with Gasteiger partial charge >= 0.3 is 0 Å². The van der Waals surface area contributed by atoms with Crippen molar-refractivity contribution in [2.75, 3.05) is 20.6 Å². The van der Waals surface area contributed by atoms with E-state index < -0.39 is 0 Å². The minimum Gasteiger partial charge on any atom is -0.391 e. The molecule has 0 aromatic carbocycles. The van der Waals surface area contributed by atoms with E-state index in [0.29, 0.717) is 5.15 Å². The van der Waals surface area contributed by atoms with Crippen LogP contribution in [0.2, 0.25) is 5.15 Å². The molecule has 0 aliphatic carbocycles. The number of rotatable bonds is 5. The normalized spacial score (nSPS) is 11.3. The van der Waals surface area contributed by atoms with Gasteiger partial charge in [0, 0.05) is 12.1 Å². The summed E-state index contributed by atoms with van der Waals surface area (Å²) in [7, 11) is 4.01. The van der Waals surface area contributed by atoms with Crippen molar-refractivity contribution in [2.24, 2.45) is 0 Å². The second-order valence-electron chi connectivity index (χ2n) is 3.75. The molecule has 0 unspecified atom stereocenters. The lowest BCUT2D eigenvalue weighted by molar-refractivity contribution is 0.280. The lowest BCUT2D eigenvalue weighted by Crippen LogP contribution is -2.19. The van der Waals surface area contributed by atoms with Crippen LogP contribution in [-0.4, -0.2) is 40.4 Å². The summed E-state index contributed by atoms with van der Waals surface area (Å²) in [5, 5.41) is 14.1. The van der Waals surface area contributed by atoms with Gasteiger partial charge in [0.05, 0.1) is 18.8 Å². The van der Waals surface area contributed by atoms with Crippen LogP contribution in [0.15, 0.2) is 0 Å². The Morgan fingerprint density at radius 3 is 2.53 bits per heavy atom. The highest BCUT2D eigenvalue weighted by Gasteiger charge is 2.13. The fraction of sp³-hybridized carbons (Fsp3) is 0.700. The van der Waals surface area contributed by atoms with E-state index in [0.717, 1.165) is 30.8 Å². The Hall–Kier alpha value is -0.580. The number of hydrogen-bond acceptors (Lipinski definition) is 3. The van der Waals surface area contributed by atoms with Crippen LogP contribution in [0.25, 0.3) is 0 Å². The number of aliphatic hydroxyl groups excluding tert-OH is 1. The molecule has 0 saturated carbocycles. The Morgan fingerprint density at radius 1 is 1.47 bits per heavy atom. The molecule has 1 heterocycles. The van der Waals surface area contributed by atoms with Gasteiger partial charge in [-0.1, -0.05) is 18.5 Å². The molecule has 0 aliphatic heterocycles. The van der Waals surface area contributed by atoms with E-state index in [1.165, 1.54) is 0 Å². The number of hydrogen-bond donors (Lipinski definition) is 1. The summed E-state index contributed by atoms with van der Waals surface area (Å²) in [6.07, 6.45) is 0.796. The first-order valence-corrected chi connectivity index (χ1v) is 5.47. The molecule has 0 spiro atoms. The molecular formula is C10H18ClN3O. The highest BCUT2D eigenvalue weighted by Crippen LogP contribution is 2.20. The molecule has 0 amide bonds. The van der Waals surface area contributed by atoms with Crippen LogP contribution < -0.4 is 0 Å². The highest BCUT2D eigenvalue weighted by atomic mass is 35.5. The first-order valence-electron chi connectivity index (χ1n) is 5.09. The van der Waals surface area contributed by atoms with E-state index in [1.54, 1.807) is 4.68 Å². The van der Waals surface area contributed by atoms with Gasteiger partial charge in [0.2, 0.25) is 0 Å². The Kier molecular flexibility index (Phi) is 4.57. The van der Waals surface area contributed by atoms with Gasteiger partial charge in [0.25, 0.3) is 0 Å². The Balaban J connectivity index is 2.84. The van der Waals surface area contributed by atoms with E-state index >= 15 is 0 Å². The summed E-state index contributed by atoms with van der Waals surface area (Å²) in [4.78, 5) is 2.07. The average Bonchev–Trinajstić information content (AvgIpc) is 2.51. The van der Waals surface area contributed by atoms with Crippen LogP contribution in [0.1, 0.15) is 18.2 Å². The molecule has 0 saturated heterocycles. The van der Waals surface area contributed by atoms with Crippen LogP contribution in [0.3, 0.4) is 0 Å². The molecule has 0 aliphatic rings. The molecule has 1 aromatic heterocycles. The Bertz CT molecular complexity index is 323. The quantitative estimate of drug-likeness (QED) is 0.827. The molecule has 0 atom stereocenters. The molecule has 0 bridgehead atoms. The number of nitrogens with zero attached hydrogens (tertiary/aromatic N) is 3. The van der Waals surface area contributed by atoms with Gasteiger partial charge in [0.1, 0.15) is 5.15 Å². The number of halogens is 1. The predicted octanol–water partition coefficient (Wildman–Crippen LogP) is 1.15. The topological polar surface area (TPSA) is 41.3 Å². The third-order valence-corrected chi connectivity index (χ3v) is 2.74. The standard InChI is InChI=1S/C10H18ClN3O/c1-4-9-8(7-15)10(11)14(12-9)6-5-13(2)3/h15H,4-7H2,1-3H3. The minimum absolute atomic E-state index is 0.0377. The van der Waals surface area contributed by atoms with Crippen molar-refractivity contribution in [1.29, 1.82) is 0 Å². The monoisotopic (exact) mass is 231 g/mol. The lowest BCUT2D eigenvalue weighted by atomic mass is 10.2. The third-order valence-electron chi connectivity index (χ3n) is 2.32. The van der Waals surface area contributed by atoms with E-state index in [9.17, 15) is 5.11 Å². The van der Waals surface area contributed by atoms with Gasteiger partial charge in [-0.15, -0.1) is 0 Å². The van der Waals surface area contributed by atoms with Crippen LogP contribution in [0, 0.1) is 0 Å². The van der Waals surface area contributed by atoms with Crippen LogP contribution in [0.5, 0.6) is 0 Å². The predicted molar refractivity (Wildman–Crippen MR) is 61.1 cm³/mol. The van der Waals surface area contributed by atoms with Crippen molar-refractivity contribution in [1.82, 2.24) is 14.7 Å². The second-order valence-corrected chi connectivity index (χ2v) is 4.11. The molecule has 1 aromatic rings. The van der Waals surface area contributed by atoms with Crippen molar-refractivity contribution < 1.29 is 5.11 Å². The van der Waals surface area contributed by atoms with Crippen LogP contribution in [0.4, 0.5) is 0 Å². The maximum atomic E-state index is 9.17. The maximum Gasteiger partial charge on any atom is 0.132 e. The first kappa shape index (κ1) is 12.5. The van der Waals surface area contributed by atoms with Gasteiger partial charge in [-0.2, -0.15) is 5.10 Å². The summed E-state index contributed by atoms with van der Waals surface area (Å²) in [5.74, 6) is 0. The molecule has 0 fully saturated rings. The summed E-state index contributed by atoms with van der Waals surface area (Å²) < 4.78 is 1.76. The third kappa shape index (κ3) is 2.93. The first-order chi connectivity index (χ1) is 7.10. The fourth-order valence-electron chi connectivity index (χ4n) is 1.41. The zero-order valence-electron chi connectivity index (χ0n) is 9.50. The van der Waals surface area contributed by atoms with Crippen molar-refractivity contribution >= 4 is 11.6 Å². The zero-order valence-corrected chi connectivity index (χ0v) is 10.3. The molecule has 5 heteroatoms. The van der Waals surface area contributed by atoms with Crippen molar-refractivity contribution in [3.8, 4) is 0 Å². The summed E-state index contributed by atoms with van der Waals surface area (Å²) in [6.45, 7) is 3.60. The van der Waals surface area contributed by atoms with Crippen LogP contribution >= 0.6 is 11.6 Å². The number of aliphatic hydroxyl groups is 1. The van der Waals surface area contributed by atoms with Gasteiger partial charge in [-0.05, 0) is 20.5 Å². The molecule has 4 nitrogen and oxygen atoms in total. The van der Waals surface area contributed by atoms with Crippen molar-refractivity contribution in [3.63, 3.8) is 0 Å². The lowest BCUT2D eigenvalue weighted by Gasteiger charge is -2.09. The summed E-state index contributed by atoms with van der Waals surface area (Å²) >= 11 is 6.11. The molecule has 0 radical (unpaired) electrons. The Morgan fingerprint density at radius 2 is 2.13 bits per heavy atom. The fourth-order valence-corrected chi connectivity index (χ4v) is 1.70. The van der Waals surface area contributed by atoms with Gasteiger partial charge < -0.3 is 10.0 Å². The molecule has 15 heavy (non-hydrogen) atoms. The summed E-state index contributed by atoms with van der Waals surface area (Å²) in [6, 6.07) is 0. The van der Waals surface area contributed by atoms with Crippen molar-refractivity contribution in [3.05, 3.63) is 16.4 Å². The number of aryl methyl sites for hydroxylation is 1. The van der Waals surface area contributed by atoms with Gasteiger partial charge in [-0.25, -0.2) is 0 Å². The Labute approximate surface area is 95.5 Å². The minimum atomic E-state index is -0.0377. The van der Waals surface area contributed by atoms with Gasteiger partial charge in [-0.3, -0.25) is 4.68 Å². The number of likely N-dealkylation sites (N-methyl/N-ethyl adjacent to an activating group) is 1. The highest BCUT2D eigenvalue weighted by molar-refractivity contribution is 6.30. The van der Waals surface area contributed by atoms with Gasteiger partial charge in [0.15, 0.2) is 0 Å². The molecule has 1 rings (SSSR count). The number of aromatic nitrogens is 2. The van der Waals surface area contributed by atoms with Crippen LogP contribution in [-0.2, 0) is 19.6 Å². The smallest absolute Gasteiger partial charge is 0.132 e. The van der Waals surface area contributed by atoms with E-state index in [-0.39, 0.29) is 6.61 Å². The van der Waals surface area contributed by atoms with E-state index in [1.807, 2.05) is 21.0 Å². The van der Waals surface area contributed by atoms with E-state index in [2.05, 4.69) is 10.00 Å². The largest absolute Gasteiger partial charge is 0.391 e. The molecule has 1 N–H and O–H groups in total. The van der Waals surface area contributed by atoms with E-state index in [4.69, 9.17) is 11.6 Å².